The van der Waals surface area contributed by atoms with E-state index >= 15 is 0 Å². The molecule has 0 atom stereocenters. The van der Waals surface area contributed by atoms with Crippen LogP contribution in [-0.4, -0.2) is 21.8 Å². The molecule has 0 unspecified atom stereocenters. The van der Waals surface area contributed by atoms with Crippen molar-refractivity contribution in [1.29, 1.82) is 0 Å². The van der Waals surface area contributed by atoms with Crippen LogP contribution in [-0.2, 0) is 5.60 Å². The fourth-order valence-corrected chi connectivity index (χ4v) is 2.60. The van der Waals surface area contributed by atoms with Crippen LogP contribution in [0.25, 0.3) is 0 Å². The van der Waals surface area contributed by atoms with Gasteiger partial charge >= 0.3 is 0 Å². The fraction of sp³-hybridized carbons (Fsp3) is 0.0667. The molecule has 2 aromatic carbocycles. The molecule has 0 heterocycles. The second-order valence-electron chi connectivity index (χ2n) is 4.55. The number of rotatable bonds is 1. The molecule has 0 aliphatic heterocycles. The summed E-state index contributed by atoms with van der Waals surface area (Å²) in [7, 11) is 0. The summed E-state index contributed by atoms with van der Waals surface area (Å²) in [5.41, 5.74) is -2.34. The number of halogens is 1. The molecule has 4 nitrogen and oxygen atoms in total. The van der Waals surface area contributed by atoms with Gasteiger partial charge in [0.05, 0.1) is 5.02 Å². The number of para-hydroxylation sites is 1. The minimum absolute atomic E-state index is 0.0347. The van der Waals surface area contributed by atoms with E-state index in [1.54, 1.807) is 12.1 Å². The molecule has 0 bridgehead atoms. The van der Waals surface area contributed by atoms with Crippen LogP contribution in [0.5, 0.6) is 5.75 Å². The van der Waals surface area contributed by atoms with Gasteiger partial charge in [-0.3, -0.25) is 9.59 Å². The number of aliphatic hydroxyl groups is 1. The Kier molecular flexibility index (Phi) is 2.67. The van der Waals surface area contributed by atoms with Crippen LogP contribution in [0, 0.1) is 0 Å². The standard InChI is InChI=1S/C15H9ClO4/c16-11-7-3-6-10(12(11)17)15(20)13(18)8-4-1-2-5-9(8)14(15)19/h1-7,17,20H. The number of hydrogen-bond donors (Lipinski definition) is 2. The zero-order valence-corrected chi connectivity index (χ0v) is 10.9. The van der Waals surface area contributed by atoms with E-state index in [1.165, 1.54) is 30.3 Å². The highest BCUT2D eigenvalue weighted by Gasteiger charge is 2.54. The summed E-state index contributed by atoms with van der Waals surface area (Å²) in [5, 5.41) is 20.5. The molecular weight excluding hydrogens is 280 g/mol. The first-order chi connectivity index (χ1) is 9.48. The lowest BCUT2D eigenvalue weighted by Gasteiger charge is -2.20. The molecule has 1 aliphatic rings. The SMILES string of the molecule is O=C1c2ccccc2C(=O)C1(O)c1cccc(Cl)c1O. The van der Waals surface area contributed by atoms with Gasteiger partial charge in [0.25, 0.3) is 0 Å². The molecule has 0 spiro atoms. The third kappa shape index (κ3) is 1.46. The molecule has 100 valence electrons. The summed E-state index contributed by atoms with van der Waals surface area (Å²) in [5.74, 6) is -1.97. The molecular formula is C15H9ClO4. The van der Waals surface area contributed by atoms with Gasteiger partial charge in [0.15, 0.2) is 0 Å². The van der Waals surface area contributed by atoms with E-state index in [9.17, 15) is 19.8 Å². The topological polar surface area (TPSA) is 74.6 Å². The van der Waals surface area contributed by atoms with E-state index in [1.807, 2.05) is 0 Å². The van der Waals surface area contributed by atoms with Gasteiger partial charge in [0.2, 0.25) is 17.2 Å². The van der Waals surface area contributed by atoms with Crippen molar-refractivity contribution < 1.29 is 19.8 Å². The second-order valence-corrected chi connectivity index (χ2v) is 4.96. The zero-order chi connectivity index (χ0) is 14.5. The predicted molar refractivity (Wildman–Crippen MR) is 72.1 cm³/mol. The van der Waals surface area contributed by atoms with E-state index in [0.29, 0.717) is 0 Å². The van der Waals surface area contributed by atoms with Gasteiger partial charge in [-0.1, -0.05) is 48.0 Å². The molecule has 0 radical (unpaired) electrons. The number of carbonyl (C=O) groups excluding carboxylic acids is 2. The van der Waals surface area contributed by atoms with E-state index in [4.69, 9.17) is 11.6 Å². The van der Waals surface area contributed by atoms with Gasteiger partial charge in [0, 0.05) is 16.7 Å². The summed E-state index contributed by atoms with van der Waals surface area (Å²) in [6.07, 6.45) is 0. The molecule has 2 N–H and O–H groups in total. The van der Waals surface area contributed by atoms with Crippen LogP contribution in [0.4, 0.5) is 0 Å². The summed E-state index contributed by atoms with van der Waals surface area (Å²) < 4.78 is 0. The lowest BCUT2D eigenvalue weighted by molar-refractivity contribution is 0.0313. The lowest BCUT2D eigenvalue weighted by Crippen LogP contribution is -2.38. The molecule has 0 amide bonds. The average molecular weight is 289 g/mol. The normalized spacial score (nSPS) is 16.3. The molecule has 0 aromatic heterocycles. The Labute approximate surface area is 119 Å². The predicted octanol–water partition coefficient (Wildman–Crippen LogP) is 2.31. The Balaban J connectivity index is 2.27. The molecule has 0 saturated carbocycles. The Morgan fingerprint density at radius 2 is 1.45 bits per heavy atom. The highest BCUT2D eigenvalue weighted by atomic mass is 35.5. The smallest absolute Gasteiger partial charge is 0.220 e. The van der Waals surface area contributed by atoms with Gasteiger partial charge in [-0.25, -0.2) is 0 Å². The van der Waals surface area contributed by atoms with Crippen LogP contribution < -0.4 is 0 Å². The number of benzene rings is 2. The van der Waals surface area contributed by atoms with Gasteiger partial charge in [0.1, 0.15) is 5.75 Å². The van der Waals surface area contributed by atoms with Gasteiger partial charge in [-0.2, -0.15) is 0 Å². The maximum atomic E-state index is 12.4. The first-order valence-electron chi connectivity index (χ1n) is 5.87. The van der Waals surface area contributed by atoms with E-state index in [0.717, 1.165) is 0 Å². The monoisotopic (exact) mass is 288 g/mol. The average Bonchev–Trinajstić information content (AvgIpc) is 2.65. The zero-order valence-electron chi connectivity index (χ0n) is 10.1. The summed E-state index contributed by atoms with van der Waals surface area (Å²) in [4.78, 5) is 24.7. The van der Waals surface area contributed by atoms with Crippen LogP contribution in [0.15, 0.2) is 42.5 Å². The number of hydrogen-bond acceptors (Lipinski definition) is 4. The van der Waals surface area contributed by atoms with Crippen molar-refractivity contribution in [3.8, 4) is 5.75 Å². The second kappa shape index (κ2) is 4.16. The molecule has 3 rings (SSSR count). The van der Waals surface area contributed by atoms with Crippen LogP contribution >= 0.6 is 11.6 Å². The van der Waals surface area contributed by atoms with Crippen molar-refractivity contribution in [2.75, 3.05) is 0 Å². The minimum Gasteiger partial charge on any atom is -0.506 e. The minimum atomic E-state index is -2.42. The number of ketones is 2. The fourth-order valence-electron chi connectivity index (χ4n) is 2.42. The molecule has 1 aliphatic carbocycles. The molecule has 5 heteroatoms. The number of aromatic hydroxyl groups is 1. The Morgan fingerprint density at radius 3 is 2.00 bits per heavy atom. The number of phenols is 1. The number of carbonyl (C=O) groups is 2. The van der Waals surface area contributed by atoms with Crippen molar-refractivity contribution in [3.63, 3.8) is 0 Å². The molecule has 2 aromatic rings. The van der Waals surface area contributed by atoms with Crippen LogP contribution in [0.1, 0.15) is 26.3 Å². The van der Waals surface area contributed by atoms with Gasteiger partial charge in [-0.05, 0) is 6.07 Å². The van der Waals surface area contributed by atoms with Crippen molar-refractivity contribution in [3.05, 3.63) is 64.2 Å². The summed E-state index contributed by atoms with van der Waals surface area (Å²) in [6.45, 7) is 0. The largest absolute Gasteiger partial charge is 0.506 e. The van der Waals surface area contributed by atoms with Crippen molar-refractivity contribution in [1.82, 2.24) is 0 Å². The molecule has 20 heavy (non-hydrogen) atoms. The summed E-state index contributed by atoms with van der Waals surface area (Å²) in [6, 6.07) is 10.3. The van der Waals surface area contributed by atoms with Crippen molar-refractivity contribution >= 4 is 23.2 Å². The highest BCUT2D eigenvalue weighted by Crippen LogP contribution is 2.42. The first-order valence-corrected chi connectivity index (χ1v) is 6.24. The molecule has 0 fully saturated rings. The first kappa shape index (κ1) is 12.8. The third-order valence-electron chi connectivity index (χ3n) is 3.45. The van der Waals surface area contributed by atoms with Crippen molar-refractivity contribution in [2.45, 2.75) is 5.60 Å². The van der Waals surface area contributed by atoms with Gasteiger partial charge < -0.3 is 10.2 Å². The van der Waals surface area contributed by atoms with Crippen molar-refractivity contribution in [2.24, 2.45) is 0 Å². The number of phenolic OH excluding ortho intramolecular Hbond substituents is 1. The Bertz CT molecular complexity index is 716. The number of fused-ring (bicyclic) bond motifs is 1. The Hall–Kier alpha value is -2.17. The summed E-state index contributed by atoms with van der Waals surface area (Å²) >= 11 is 5.78. The maximum Gasteiger partial charge on any atom is 0.220 e. The van der Waals surface area contributed by atoms with E-state index < -0.39 is 22.9 Å². The quantitative estimate of drug-likeness (QED) is 0.790. The number of Topliss-reactive ketones (excluding diaryl/α,β-unsaturated/α-hetero) is 2. The maximum absolute atomic E-state index is 12.4. The lowest BCUT2D eigenvalue weighted by atomic mass is 9.88. The van der Waals surface area contributed by atoms with Gasteiger partial charge in [-0.15, -0.1) is 0 Å². The highest BCUT2D eigenvalue weighted by molar-refractivity contribution is 6.34. The Morgan fingerprint density at radius 1 is 0.900 bits per heavy atom. The van der Waals surface area contributed by atoms with E-state index in [-0.39, 0.29) is 21.7 Å². The van der Waals surface area contributed by atoms with E-state index in [2.05, 4.69) is 0 Å². The van der Waals surface area contributed by atoms with Crippen LogP contribution in [0.3, 0.4) is 0 Å². The van der Waals surface area contributed by atoms with Crippen LogP contribution in [0.2, 0.25) is 5.02 Å². The third-order valence-corrected chi connectivity index (χ3v) is 3.76. The molecule has 0 saturated heterocycles.